The minimum absolute atomic E-state index is 0.274. The molecule has 0 spiro atoms. The van der Waals surface area contributed by atoms with Crippen LogP contribution in [0.4, 0.5) is 0 Å². The second-order valence-corrected chi connectivity index (χ2v) is 5.04. The molecule has 1 heterocycles. The van der Waals surface area contributed by atoms with Crippen LogP contribution in [0.15, 0.2) is 42.5 Å². The van der Waals surface area contributed by atoms with Crippen molar-refractivity contribution in [3.8, 4) is 17.6 Å². The number of nitrogens with one attached hydrogen (secondary N) is 1. The van der Waals surface area contributed by atoms with Crippen LogP contribution in [0.5, 0.6) is 11.5 Å². The van der Waals surface area contributed by atoms with E-state index in [9.17, 15) is 5.26 Å². The van der Waals surface area contributed by atoms with Gasteiger partial charge in [-0.2, -0.15) is 5.26 Å². The Morgan fingerprint density at radius 2 is 2.05 bits per heavy atom. The molecule has 1 aliphatic heterocycles. The maximum absolute atomic E-state index is 9.35. The number of aryl methyl sites for hydroxylation is 1. The molecule has 1 aliphatic rings. The van der Waals surface area contributed by atoms with Gasteiger partial charge in [-0.25, -0.2) is 0 Å². The molecule has 4 heteroatoms. The topological polar surface area (TPSA) is 54.3 Å². The lowest BCUT2D eigenvalue weighted by Crippen LogP contribution is -2.19. The molecular formula is C17H16N2O2. The van der Waals surface area contributed by atoms with E-state index < -0.39 is 0 Å². The van der Waals surface area contributed by atoms with Crippen LogP contribution >= 0.6 is 0 Å². The zero-order chi connectivity index (χ0) is 14.7. The van der Waals surface area contributed by atoms with E-state index in [0.29, 0.717) is 6.54 Å². The highest BCUT2D eigenvalue weighted by Gasteiger charge is 2.14. The quantitative estimate of drug-likeness (QED) is 0.935. The van der Waals surface area contributed by atoms with E-state index in [0.717, 1.165) is 28.2 Å². The Morgan fingerprint density at radius 3 is 2.86 bits per heavy atom. The standard InChI is InChI=1S/C17H16N2O2/c1-12-3-2-4-14(7-12)15(9-18)19-10-13-5-6-16-17(8-13)21-11-20-16/h2-8,15,19H,10-11H2,1H3. The van der Waals surface area contributed by atoms with Crippen LogP contribution in [0, 0.1) is 18.3 Å². The lowest BCUT2D eigenvalue weighted by Gasteiger charge is -2.13. The van der Waals surface area contributed by atoms with Crippen molar-refractivity contribution in [2.75, 3.05) is 6.79 Å². The van der Waals surface area contributed by atoms with E-state index >= 15 is 0 Å². The lowest BCUT2D eigenvalue weighted by atomic mass is 10.1. The van der Waals surface area contributed by atoms with Crippen LogP contribution in [0.25, 0.3) is 0 Å². The van der Waals surface area contributed by atoms with Gasteiger partial charge in [-0.15, -0.1) is 0 Å². The number of benzene rings is 2. The Bertz CT molecular complexity index is 691. The van der Waals surface area contributed by atoms with Crippen LogP contribution in [0.2, 0.25) is 0 Å². The smallest absolute Gasteiger partial charge is 0.231 e. The van der Waals surface area contributed by atoms with Crippen LogP contribution < -0.4 is 14.8 Å². The van der Waals surface area contributed by atoms with E-state index in [1.165, 1.54) is 0 Å². The lowest BCUT2D eigenvalue weighted by molar-refractivity contribution is 0.174. The fourth-order valence-corrected chi connectivity index (χ4v) is 2.36. The molecule has 0 radical (unpaired) electrons. The summed E-state index contributed by atoms with van der Waals surface area (Å²) in [6.45, 7) is 2.90. The summed E-state index contributed by atoms with van der Waals surface area (Å²) in [6.07, 6.45) is 0. The van der Waals surface area contributed by atoms with Gasteiger partial charge in [0.2, 0.25) is 6.79 Å². The van der Waals surface area contributed by atoms with Crippen molar-refractivity contribution in [2.24, 2.45) is 0 Å². The summed E-state index contributed by atoms with van der Waals surface area (Å²) in [6, 6.07) is 15.8. The summed E-state index contributed by atoms with van der Waals surface area (Å²) in [5.74, 6) is 1.53. The monoisotopic (exact) mass is 280 g/mol. The first kappa shape index (κ1) is 13.5. The minimum Gasteiger partial charge on any atom is -0.454 e. The predicted molar refractivity (Wildman–Crippen MR) is 78.9 cm³/mol. The van der Waals surface area contributed by atoms with Crippen molar-refractivity contribution in [2.45, 2.75) is 19.5 Å². The van der Waals surface area contributed by atoms with Gasteiger partial charge < -0.3 is 9.47 Å². The highest BCUT2D eigenvalue weighted by atomic mass is 16.7. The van der Waals surface area contributed by atoms with Crippen LogP contribution in [0.1, 0.15) is 22.7 Å². The molecule has 0 bridgehead atoms. The Labute approximate surface area is 123 Å². The molecule has 1 N–H and O–H groups in total. The normalized spacial score (nSPS) is 13.7. The first-order valence-electron chi connectivity index (χ1n) is 6.84. The summed E-state index contributed by atoms with van der Waals surface area (Å²) in [4.78, 5) is 0. The molecule has 0 aromatic heterocycles. The van der Waals surface area contributed by atoms with Gasteiger partial charge in [-0.3, -0.25) is 5.32 Å². The third-order valence-electron chi connectivity index (χ3n) is 3.45. The number of hydrogen-bond donors (Lipinski definition) is 1. The van der Waals surface area contributed by atoms with Gasteiger partial charge in [0.1, 0.15) is 6.04 Å². The molecule has 21 heavy (non-hydrogen) atoms. The van der Waals surface area contributed by atoms with Gasteiger partial charge in [-0.1, -0.05) is 35.9 Å². The van der Waals surface area contributed by atoms with Gasteiger partial charge in [0.05, 0.1) is 6.07 Å². The molecule has 0 fully saturated rings. The van der Waals surface area contributed by atoms with E-state index in [-0.39, 0.29) is 12.8 Å². The van der Waals surface area contributed by atoms with Crippen molar-refractivity contribution in [3.05, 3.63) is 59.2 Å². The summed E-state index contributed by atoms with van der Waals surface area (Å²) in [5, 5.41) is 12.6. The Balaban J connectivity index is 1.70. The Hall–Kier alpha value is -2.51. The molecule has 4 nitrogen and oxygen atoms in total. The van der Waals surface area contributed by atoms with Crippen molar-refractivity contribution in [3.63, 3.8) is 0 Å². The molecule has 1 atom stereocenters. The number of nitriles is 1. The molecular weight excluding hydrogens is 264 g/mol. The third-order valence-corrected chi connectivity index (χ3v) is 3.45. The zero-order valence-corrected chi connectivity index (χ0v) is 11.8. The van der Waals surface area contributed by atoms with Gasteiger partial charge in [0.25, 0.3) is 0 Å². The van der Waals surface area contributed by atoms with Gasteiger partial charge in [-0.05, 0) is 30.2 Å². The van der Waals surface area contributed by atoms with Crippen molar-refractivity contribution in [1.29, 1.82) is 5.26 Å². The average Bonchev–Trinajstić information content (AvgIpc) is 2.95. The van der Waals surface area contributed by atoms with E-state index in [1.807, 2.05) is 49.4 Å². The molecule has 0 saturated heterocycles. The van der Waals surface area contributed by atoms with Gasteiger partial charge in [0, 0.05) is 6.54 Å². The Kier molecular flexibility index (Phi) is 3.76. The molecule has 1 unspecified atom stereocenters. The second-order valence-electron chi connectivity index (χ2n) is 5.04. The van der Waals surface area contributed by atoms with Crippen LogP contribution in [-0.4, -0.2) is 6.79 Å². The summed E-state index contributed by atoms with van der Waals surface area (Å²) in [5.41, 5.74) is 3.20. The molecule has 106 valence electrons. The van der Waals surface area contributed by atoms with Crippen molar-refractivity contribution in [1.82, 2.24) is 5.32 Å². The fourth-order valence-electron chi connectivity index (χ4n) is 2.36. The number of nitrogens with zero attached hydrogens (tertiary/aromatic N) is 1. The first-order valence-corrected chi connectivity index (χ1v) is 6.84. The predicted octanol–water partition coefficient (Wildman–Crippen LogP) is 3.08. The summed E-state index contributed by atoms with van der Waals surface area (Å²) in [7, 11) is 0. The summed E-state index contributed by atoms with van der Waals surface area (Å²) < 4.78 is 10.6. The summed E-state index contributed by atoms with van der Waals surface area (Å²) >= 11 is 0. The largest absolute Gasteiger partial charge is 0.454 e. The first-order chi connectivity index (χ1) is 10.3. The van der Waals surface area contributed by atoms with E-state index in [2.05, 4.69) is 11.4 Å². The Morgan fingerprint density at radius 1 is 1.19 bits per heavy atom. The minimum atomic E-state index is -0.324. The van der Waals surface area contributed by atoms with E-state index in [4.69, 9.17) is 9.47 Å². The average molecular weight is 280 g/mol. The van der Waals surface area contributed by atoms with Crippen molar-refractivity contribution < 1.29 is 9.47 Å². The maximum Gasteiger partial charge on any atom is 0.231 e. The van der Waals surface area contributed by atoms with Crippen LogP contribution in [-0.2, 0) is 6.54 Å². The molecule has 2 aromatic carbocycles. The molecule has 0 amide bonds. The molecule has 3 rings (SSSR count). The van der Waals surface area contributed by atoms with E-state index in [1.54, 1.807) is 0 Å². The number of rotatable bonds is 4. The van der Waals surface area contributed by atoms with Crippen molar-refractivity contribution >= 4 is 0 Å². The maximum atomic E-state index is 9.35. The molecule has 0 saturated carbocycles. The number of ether oxygens (including phenoxy) is 2. The molecule has 0 aliphatic carbocycles. The molecule has 2 aromatic rings. The second kappa shape index (κ2) is 5.86. The third kappa shape index (κ3) is 2.99. The highest BCUT2D eigenvalue weighted by molar-refractivity contribution is 5.44. The fraction of sp³-hybridized carbons (Fsp3) is 0.235. The number of hydrogen-bond acceptors (Lipinski definition) is 4. The van der Waals surface area contributed by atoms with Gasteiger partial charge >= 0.3 is 0 Å². The van der Waals surface area contributed by atoms with Crippen LogP contribution in [0.3, 0.4) is 0 Å². The zero-order valence-electron chi connectivity index (χ0n) is 11.8. The number of fused-ring (bicyclic) bond motifs is 1. The SMILES string of the molecule is Cc1cccc(C(C#N)NCc2ccc3c(c2)OCO3)c1. The highest BCUT2D eigenvalue weighted by Crippen LogP contribution is 2.32. The van der Waals surface area contributed by atoms with Gasteiger partial charge in [0.15, 0.2) is 11.5 Å².